The number of amides is 1. The van der Waals surface area contributed by atoms with Crippen molar-refractivity contribution < 1.29 is 14.3 Å². The second-order valence-corrected chi connectivity index (χ2v) is 7.31. The molecule has 8 heteroatoms. The number of anilines is 1. The number of nitriles is 1. The minimum absolute atomic E-state index is 0.0507. The number of benzene rings is 2. The molecule has 0 atom stereocenters. The number of pyridine rings is 1. The van der Waals surface area contributed by atoms with E-state index in [1.54, 1.807) is 60.8 Å². The van der Waals surface area contributed by atoms with Gasteiger partial charge in [0.25, 0.3) is 11.5 Å². The summed E-state index contributed by atoms with van der Waals surface area (Å²) in [6.45, 7) is 1.93. The van der Waals surface area contributed by atoms with Crippen molar-refractivity contribution in [1.29, 1.82) is 5.26 Å². The summed E-state index contributed by atoms with van der Waals surface area (Å²) in [5.74, 6) is 0.0447. The molecule has 2 aromatic carbocycles. The number of fused-ring (bicyclic) bond motifs is 1. The maximum Gasteiger partial charge on any atom is 0.269 e. The highest BCUT2D eigenvalue weighted by atomic mass is 16.5. The third-order valence-electron chi connectivity index (χ3n) is 4.97. The molecule has 0 bridgehead atoms. The molecule has 0 unspecified atom stereocenters. The zero-order chi connectivity index (χ0) is 24.1. The number of carbonyl (C=O) groups excluding carboxylic acids is 1. The smallest absolute Gasteiger partial charge is 0.269 e. The maximum absolute atomic E-state index is 13.3. The van der Waals surface area contributed by atoms with Gasteiger partial charge in [0.2, 0.25) is 5.88 Å². The van der Waals surface area contributed by atoms with Crippen LogP contribution in [0.3, 0.4) is 0 Å². The van der Waals surface area contributed by atoms with Crippen LogP contribution >= 0.6 is 0 Å². The summed E-state index contributed by atoms with van der Waals surface area (Å²) in [5, 5.41) is 12.3. The Labute approximate surface area is 195 Å². The van der Waals surface area contributed by atoms with Crippen molar-refractivity contribution in [3.63, 3.8) is 0 Å². The fourth-order valence-corrected chi connectivity index (χ4v) is 3.22. The third-order valence-corrected chi connectivity index (χ3v) is 4.97. The van der Waals surface area contributed by atoms with Gasteiger partial charge in [-0.15, -0.1) is 0 Å². The molecule has 2 aromatic heterocycles. The average Bonchev–Trinajstić information content (AvgIpc) is 2.85. The number of rotatable bonds is 6. The number of nitrogens with one attached hydrogen (secondary N) is 1. The number of aromatic nitrogens is 2. The van der Waals surface area contributed by atoms with Crippen molar-refractivity contribution in [3.05, 3.63) is 100.0 Å². The Balaban J connectivity index is 1.81. The van der Waals surface area contributed by atoms with Gasteiger partial charge in [-0.05, 0) is 49.4 Å². The van der Waals surface area contributed by atoms with Gasteiger partial charge in [0.1, 0.15) is 22.9 Å². The highest BCUT2D eigenvalue weighted by molar-refractivity contribution is 6.09. The van der Waals surface area contributed by atoms with E-state index in [9.17, 15) is 14.9 Å². The highest BCUT2D eigenvalue weighted by Gasteiger charge is 2.18. The number of hydrogen-bond donors (Lipinski definition) is 1. The van der Waals surface area contributed by atoms with Crippen LogP contribution in [0.15, 0.2) is 83.3 Å². The zero-order valence-corrected chi connectivity index (χ0v) is 18.5. The molecular formula is C26H20N4O4. The molecule has 0 aliphatic carbocycles. The summed E-state index contributed by atoms with van der Waals surface area (Å²) in [5.41, 5.74) is 1.08. The van der Waals surface area contributed by atoms with E-state index in [-0.39, 0.29) is 17.0 Å². The number of aryl methyl sites for hydroxylation is 1. The fraction of sp³-hybridized carbons (Fsp3) is 0.0769. The van der Waals surface area contributed by atoms with Gasteiger partial charge in [-0.25, -0.2) is 0 Å². The van der Waals surface area contributed by atoms with E-state index in [0.29, 0.717) is 22.8 Å². The molecule has 0 aliphatic rings. The lowest BCUT2D eigenvalue weighted by atomic mass is 10.1. The molecule has 0 saturated heterocycles. The van der Waals surface area contributed by atoms with Crippen LogP contribution in [0.2, 0.25) is 0 Å². The van der Waals surface area contributed by atoms with Gasteiger partial charge in [-0.3, -0.25) is 14.0 Å². The second-order valence-electron chi connectivity index (χ2n) is 7.31. The Morgan fingerprint density at radius 1 is 1.06 bits per heavy atom. The van der Waals surface area contributed by atoms with Gasteiger partial charge in [-0.2, -0.15) is 10.2 Å². The molecule has 168 valence electrons. The highest BCUT2D eigenvalue weighted by Crippen LogP contribution is 2.31. The molecule has 0 radical (unpaired) electrons. The Bertz CT molecular complexity index is 1500. The summed E-state index contributed by atoms with van der Waals surface area (Å²) >= 11 is 0. The molecule has 8 nitrogen and oxygen atoms in total. The molecular weight excluding hydrogens is 432 g/mol. The van der Waals surface area contributed by atoms with Gasteiger partial charge < -0.3 is 14.8 Å². The van der Waals surface area contributed by atoms with Crippen molar-refractivity contribution in [2.75, 3.05) is 12.4 Å². The van der Waals surface area contributed by atoms with Crippen molar-refractivity contribution in [3.8, 4) is 23.4 Å². The van der Waals surface area contributed by atoms with E-state index >= 15 is 0 Å². The minimum atomic E-state index is -0.660. The first-order valence-electron chi connectivity index (χ1n) is 10.3. The minimum Gasteiger partial charge on any atom is -0.493 e. The molecule has 0 aliphatic heterocycles. The lowest BCUT2D eigenvalue weighted by Crippen LogP contribution is -2.20. The van der Waals surface area contributed by atoms with Gasteiger partial charge in [0, 0.05) is 11.9 Å². The summed E-state index contributed by atoms with van der Waals surface area (Å²) < 4.78 is 12.6. The lowest BCUT2D eigenvalue weighted by molar-refractivity contribution is -0.112. The topological polar surface area (TPSA) is 106 Å². The Hall–Kier alpha value is -4.90. The van der Waals surface area contributed by atoms with Crippen molar-refractivity contribution in [2.45, 2.75) is 6.92 Å². The molecule has 0 spiro atoms. The summed E-state index contributed by atoms with van der Waals surface area (Å²) in [4.78, 5) is 30.5. The van der Waals surface area contributed by atoms with Gasteiger partial charge in [0.05, 0.1) is 7.11 Å². The van der Waals surface area contributed by atoms with Crippen molar-refractivity contribution in [1.82, 2.24) is 9.38 Å². The number of nitrogens with zero attached hydrogens (tertiary/aromatic N) is 3. The number of methoxy groups -OCH3 is 1. The van der Waals surface area contributed by atoms with Crippen LogP contribution in [0.25, 0.3) is 11.7 Å². The maximum atomic E-state index is 13.3. The lowest BCUT2D eigenvalue weighted by Gasteiger charge is -2.12. The van der Waals surface area contributed by atoms with Crippen LogP contribution in [0.4, 0.5) is 5.69 Å². The molecule has 4 aromatic rings. The van der Waals surface area contributed by atoms with E-state index in [2.05, 4.69) is 10.3 Å². The molecule has 0 saturated carbocycles. The first-order chi connectivity index (χ1) is 16.5. The van der Waals surface area contributed by atoms with E-state index in [0.717, 1.165) is 5.56 Å². The normalized spacial score (nSPS) is 11.0. The average molecular weight is 452 g/mol. The first kappa shape index (κ1) is 22.3. The van der Waals surface area contributed by atoms with Crippen molar-refractivity contribution >= 4 is 23.3 Å². The Kier molecular flexibility index (Phi) is 6.37. The third kappa shape index (κ3) is 4.64. The van der Waals surface area contributed by atoms with Crippen LogP contribution in [0.5, 0.6) is 17.4 Å². The van der Waals surface area contributed by atoms with Crippen LogP contribution in [0.1, 0.15) is 11.1 Å². The molecule has 34 heavy (non-hydrogen) atoms. The molecule has 4 rings (SSSR count). The quantitative estimate of drug-likeness (QED) is 0.344. The van der Waals surface area contributed by atoms with Gasteiger partial charge in [-0.1, -0.05) is 35.9 Å². The Morgan fingerprint density at radius 2 is 1.76 bits per heavy atom. The fourth-order valence-electron chi connectivity index (χ4n) is 3.22. The second kappa shape index (κ2) is 9.71. The predicted octanol–water partition coefficient (Wildman–Crippen LogP) is 4.35. The predicted molar refractivity (Wildman–Crippen MR) is 128 cm³/mol. The van der Waals surface area contributed by atoms with E-state index in [1.165, 1.54) is 17.6 Å². The molecule has 2 heterocycles. The molecule has 1 amide bonds. The molecule has 0 fully saturated rings. The standard InChI is InChI=1S/C26H20N4O4/c1-17-10-12-19(13-11-17)28-24(31)18(16-27)15-20-25(34-22-8-4-3-7-21(22)33-2)29-23-9-5-6-14-30(23)26(20)32/h3-15H,1-2H3,(H,28,31). The van der Waals surface area contributed by atoms with Gasteiger partial charge >= 0.3 is 0 Å². The van der Waals surface area contributed by atoms with Crippen LogP contribution in [0, 0.1) is 18.3 Å². The SMILES string of the molecule is COc1ccccc1Oc1nc2ccccn2c(=O)c1C=C(C#N)C(=O)Nc1ccc(C)cc1. The number of carbonyl (C=O) groups is 1. The van der Waals surface area contributed by atoms with E-state index < -0.39 is 11.5 Å². The van der Waals surface area contributed by atoms with Crippen molar-refractivity contribution in [2.24, 2.45) is 0 Å². The van der Waals surface area contributed by atoms with Crippen LogP contribution in [-0.2, 0) is 4.79 Å². The Morgan fingerprint density at radius 3 is 2.47 bits per heavy atom. The number of ether oxygens (including phenoxy) is 2. The van der Waals surface area contributed by atoms with Crippen LogP contribution < -0.4 is 20.3 Å². The zero-order valence-electron chi connectivity index (χ0n) is 18.5. The number of para-hydroxylation sites is 2. The monoisotopic (exact) mass is 452 g/mol. The van der Waals surface area contributed by atoms with E-state index in [4.69, 9.17) is 9.47 Å². The summed E-state index contributed by atoms with van der Waals surface area (Å²) in [6.07, 6.45) is 2.73. The van der Waals surface area contributed by atoms with Gasteiger partial charge in [0.15, 0.2) is 11.5 Å². The van der Waals surface area contributed by atoms with Crippen LogP contribution in [-0.4, -0.2) is 22.4 Å². The number of hydrogen-bond acceptors (Lipinski definition) is 6. The van der Waals surface area contributed by atoms with E-state index in [1.807, 2.05) is 25.1 Å². The summed E-state index contributed by atoms with van der Waals surface area (Å²) in [7, 11) is 1.49. The first-order valence-corrected chi connectivity index (χ1v) is 10.3. The molecule has 1 N–H and O–H groups in total. The summed E-state index contributed by atoms with van der Waals surface area (Å²) in [6, 6.07) is 21.0. The largest absolute Gasteiger partial charge is 0.493 e.